The molecule has 0 heterocycles. The van der Waals surface area contributed by atoms with Gasteiger partial charge in [0.2, 0.25) is 0 Å². The van der Waals surface area contributed by atoms with Gasteiger partial charge in [-0.1, -0.05) is 97.5 Å². The number of unbranched alkanes of at least 4 members (excludes halogenated alkanes) is 2. The Morgan fingerprint density at radius 1 is 0.611 bits per heavy atom. The molecule has 0 aliphatic heterocycles. The predicted octanol–water partition coefficient (Wildman–Crippen LogP) is 8.44. The number of hydrogen-bond acceptors (Lipinski definition) is 0. The molecule has 4 aromatic rings. The van der Waals surface area contributed by atoms with E-state index in [0.717, 1.165) is 25.7 Å². The maximum absolute atomic E-state index is 3.60. The van der Waals surface area contributed by atoms with Gasteiger partial charge in [0.15, 0.2) is 0 Å². The molecule has 0 nitrogen and oxygen atoms in total. The molecular weight excluding hydrogens is 528 g/mol. The van der Waals surface area contributed by atoms with E-state index in [2.05, 4.69) is 113 Å². The van der Waals surface area contributed by atoms with Crippen LogP contribution in [-0.4, -0.2) is 6.88 Å². The van der Waals surface area contributed by atoms with E-state index in [4.69, 9.17) is 0 Å². The van der Waals surface area contributed by atoms with Crippen molar-refractivity contribution in [3.05, 3.63) is 133 Å². The van der Waals surface area contributed by atoms with Gasteiger partial charge < -0.3 is 13.8 Å². The Balaban J connectivity index is 0.000000188. The largest absolute Gasteiger partial charge is 0.179 e. The smallest absolute Gasteiger partial charge is 0.0253 e. The van der Waals surface area contributed by atoms with Crippen molar-refractivity contribution in [2.45, 2.75) is 52.4 Å². The standard InChI is InChI=1S/2C13H9.2C4H9.H2Si.Zr/c2*1-3-7-12-10(5-1)9-11-6-2-4-8-13(11)12;2*1-3-4-2;;/h2*1-5,7-8H,9H2;2*1,3-4H2,2H3;1H2;/q4*-1;;. The quantitative estimate of drug-likeness (QED) is 0.146. The van der Waals surface area contributed by atoms with Crippen molar-refractivity contribution in [1.29, 1.82) is 0 Å². The van der Waals surface area contributed by atoms with Gasteiger partial charge in [0.05, 0.1) is 0 Å². The molecule has 6 rings (SSSR count). The van der Waals surface area contributed by atoms with Crippen molar-refractivity contribution in [1.82, 2.24) is 0 Å². The molecule has 0 spiro atoms. The minimum absolute atomic E-state index is 1.05. The van der Waals surface area contributed by atoms with Crippen LogP contribution in [0, 0.1) is 26.0 Å². The fraction of sp³-hybridized carbons (Fsp3) is 0.235. The molecule has 186 valence electrons. The van der Waals surface area contributed by atoms with Crippen LogP contribution >= 0.6 is 0 Å². The van der Waals surface area contributed by atoms with Gasteiger partial charge in [-0.2, -0.15) is 72.5 Å². The zero-order valence-corrected chi connectivity index (χ0v) is 25.8. The first-order chi connectivity index (χ1) is 17.7. The van der Waals surface area contributed by atoms with Gasteiger partial charge in [-0.3, -0.25) is 0 Å². The molecule has 0 saturated carbocycles. The average molecular weight is 566 g/mol. The van der Waals surface area contributed by atoms with Crippen molar-refractivity contribution >= 4 is 6.88 Å². The number of benzene rings is 4. The molecular formula is C34H38SiZr-4. The number of fused-ring (bicyclic) bond motifs is 6. The topological polar surface area (TPSA) is 0 Å². The van der Waals surface area contributed by atoms with Crippen LogP contribution in [0.25, 0.3) is 22.3 Å². The van der Waals surface area contributed by atoms with Crippen LogP contribution in [0.3, 0.4) is 0 Å². The molecule has 0 atom stereocenters. The van der Waals surface area contributed by atoms with E-state index < -0.39 is 0 Å². The Bertz CT molecular complexity index is 997. The van der Waals surface area contributed by atoms with Gasteiger partial charge >= 0.3 is 30.2 Å². The van der Waals surface area contributed by atoms with Gasteiger partial charge in [0.25, 0.3) is 0 Å². The minimum atomic E-state index is 1.05. The summed E-state index contributed by atoms with van der Waals surface area (Å²) in [5.41, 5.74) is 11.0. The van der Waals surface area contributed by atoms with Gasteiger partial charge in [-0.05, 0) is 12.8 Å². The first kappa shape index (κ1) is 30.2. The van der Waals surface area contributed by atoms with Gasteiger partial charge in [0.1, 0.15) is 0 Å². The Hall–Kier alpha value is -2.02. The van der Waals surface area contributed by atoms with Crippen LogP contribution in [0.15, 0.2) is 84.9 Å². The maximum Gasteiger partial charge on any atom is -0.0253 e. The molecule has 0 unspecified atom stereocenters. The molecule has 0 N–H and O–H groups in total. The van der Waals surface area contributed by atoms with E-state index in [9.17, 15) is 0 Å². The molecule has 36 heavy (non-hydrogen) atoms. The molecule has 2 aliphatic carbocycles. The molecule has 0 radical (unpaired) electrons. The van der Waals surface area contributed by atoms with Gasteiger partial charge in [-0.25, -0.2) is 0 Å². The van der Waals surface area contributed by atoms with Crippen molar-refractivity contribution in [2.24, 2.45) is 0 Å². The fourth-order valence-electron chi connectivity index (χ4n) is 4.00. The predicted molar refractivity (Wildman–Crippen MR) is 156 cm³/mol. The van der Waals surface area contributed by atoms with Crippen LogP contribution in [0.5, 0.6) is 0 Å². The summed E-state index contributed by atoms with van der Waals surface area (Å²) in [5.74, 6) is 0. The summed E-state index contributed by atoms with van der Waals surface area (Å²) >= 11 is 1.58. The fourth-order valence-corrected chi connectivity index (χ4v) is 4.00. The maximum atomic E-state index is 3.60. The zero-order valence-electron chi connectivity index (χ0n) is 21.9. The summed E-state index contributed by atoms with van der Waals surface area (Å²) < 4.78 is 0. The third-order valence-electron chi connectivity index (χ3n) is 5.94. The molecule has 0 aromatic heterocycles. The zero-order chi connectivity index (χ0) is 26.2. The number of rotatable bonds is 2. The van der Waals surface area contributed by atoms with E-state index in [1.807, 2.05) is 19.0 Å². The Morgan fingerprint density at radius 3 is 1.31 bits per heavy atom. The van der Waals surface area contributed by atoms with E-state index in [1.54, 1.807) is 23.3 Å². The molecule has 0 bridgehead atoms. The number of hydrogen-bond donors (Lipinski definition) is 0. The summed E-state index contributed by atoms with van der Waals surface area (Å²) in [6.45, 7) is 13.4. The van der Waals surface area contributed by atoms with Crippen LogP contribution in [0.2, 0.25) is 0 Å². The average Bonchev–Trinajstić information content (AvgIpc) is 3.53. The van der Waals surface area contributed by atoms with Gasteiger partial charge in [0, 0.05) is 0 Å². The summed E-state index contributed by atoms with van der Waals surface area (Å²) in [7, 11) is 0. The van der Waals surface area contributed by atoms with Crippen molar-refractivity contribution in [3.63, 3.8) is 0 Å². The SMILES string of the molecule is [CH2-]CCC.[CH2-]CCC.[SiH2]=[Zr].[c-]1cccc2c1Cc1ccccc1-2.[c-]1cccc2c1Cc1ccccc1-2. The third-order valence-corrected chi connectivity index (χ3v) is 5.94. The monoisotopic (exact) mass is 564 g/mol. The van der Waals surface area contributed by atoms with Crippen molar-refractivity contribution in [3.8, 4) is 22.3 Å². The molecule has 0 amide bonds. The van der Waals surface area contributed by atoms with E-state index in [-0.39, 0.29) is 0 Å². The van der Waals surface area contributed by atoms with Crippen LogP contribution in [0.4, 0.5) is 0 Å². The third kappa shape index (κ3) is 8.53. The molecule has 0 fully saturated rings. The summed E-state index contributed by atoms with van der Waals surface area (Å²) in [5, 5.41) is 0. The van der Waals surface area contributed by atoms with Crippen molar-refractivity contribution < 1.29 is 23.3 Å². The normalized spacial score (nSPS) is 10.6. The Labute approximate surface area is 236 Å². The van der Waals surface area contributed by atoms with Crippen LogP contribution in [0.1, 0.15) is 61.8 Å². The van der Waals surface area contributed by atoms with Crippen molar-refractivity contribution in [2.75, 3.05) is 0 Å². The molecule has 2 aliphatic rings. The molecule has 0 saturated heterocycles. The Kier molecular flexibility index (Phi) is 14.6. The second-order valence-corrected chi connectivity index (χ2v) is 8.50. The first-order valence-electron chi connectivity index (χ1n) is 12.8. The Morgan fingerprint density at radius 2 is 0.944 bits per heavy atom. The summed E-state index contributed by atoms with van der Waals surface area (Å²) in [6.07, 6.45) is 6.65. The van der Waals surface area contributed by atoms with E-state index >= 15 is 0 Å². The van der Waals surface area contributed by atoms with Gasteiger partial charge in [-0.15, -0.1) is 11.1 Å². The van der Waals surface area contributed by atoms with Crippen LogP contribution in [-0.2, 0) is 36.2 Å². The molecule has 4 aromatic carbocycles. The van der Waals surface area contributed by atoms with E-state index in [0.29, 0.717) is 0 Å². The second kappa shape index (κ2) is 17.4. The van der Waals surface area contributed by atoms with Crippen LogP contribution < -0.4 is 0 Å². The molecule has 2 heteroatoms. The minimum Gasteiger partial charge on any atom is -0.179 e. The first-order valence-corrected chi connectivity index (χ1v) is 18.7. The summed E-state index contributed by atoms with van der Waals surface area (Å²) in [4.78, 5) is 0. The summed E-state index contributed by atoms with van der Waals surface area (Å²) in [6, 6.07) is 36.2. The van der Waals surface area contributed by atoms with E-state index in [1.165, 1.54) is 57.3 Å². The second-order valence-electron chi connectivity index (χ2n) is 8.50.